The largest absolute Gasteiger partial charge is 0.339 e. The molecule has 7 heteroatoms. The molecule has 0 saturated carbocycles. The highest BCUT2D eigenvalue weighted by molar-refractivity contribution is 7.19. The van der Waals surface area contributed by atoms with E-state index in [1.54, 1.807) is 35.3 Å². The Balaban J connectivity index is 1.64. The molecule has 0 atom stereocenters. The monoisotopic (exact) mass is 399 g/mol. The number of rotatable bonds is 3. The number of aromatic nitrogens is 1. The summed E-state index contributed by atoms with van der Waals surface area (Å²) in [6.07, 6.45) is 0. The predicted octanol–water partition coefficient (Wildman–Crippen LogP) is 3.50. The molecule has 1 aliphatic heterocycles. The van der Waals surface area contributed by atoms with Crippen molar-refractivity contribution in [1.82, 2.24) is 14.4 Å². The van der Waals surface area contributed by atoms with E-state index in [1.165, 1.54) is 17.0 Å². The summed E-state index contributed by atoms with van der Waals surface area (Å²) < 4.78 is 16.4. The fourth-order valence-electron chi connectivity index (χ4n) is 3.67. The lowest BCUT2D eigenvalue weighted by Crippen LogP contribution is -2.50. The minimum atomic E-state index is -0.271. The van der Waals surface area contributed by atoms with E-state index in [2.05, 4.69) is 13.0 Å². The second-order valence-electron chi connectivity index (χ2n) is 7.15. The Hall–Kier alpha value is -2.67. The molecule has 146 valence electrons. The first-order chi connectivity index (χ1) is 13.4. The zero-order chi connectivity index (χ0) is 19.8. The molecule has 3 heterocycles. The SMILES string of the molecule is CC(=O)N1CCN(C(=O)c2cc3sc(C)cc3n2Cc2ccc(F)cc2)CC1. The molecule has 0 aliphatic carbocycles. The summed E-state index contributed by atoms with van der Waals surface area (Å²) in [5.41, 5.74) is 2.61. The zero-order valence-corrected chi connectivity index (χ0v) is 16.8. The van der Waals surface area contributed by atoms with E-state index in [1.807, 2.05) is 15.5 Å². The molecule has 0 bridgehead atoms. The van der Waals surface area contributed by atoms with Gasteiger partial charge >= 0.3 is 0 Å². The number of carbonyl (C=O) groups is 2. The number of hydrogen-bond donors (Lipinski definition) is 0. The lowest BCUT2D eigenvalue weighted by Gasteiger charge is -2.34. The molecule has 0 radical (unpaired) electrons. The number of fused-ring (bicyclic) bond motifs is 1. The van der Waals surface area contributed by atoms with Crippen molar-refractivity contribution >= 4 is 33.4 Å². The molecule has 3 aromatic rings. The highest BCUT2D eigenvalue weighted by Crippen LogP contribution is 2.30. The van der Waals surface area contributed by atoms with Gasteiger partial charge in [0.05, 0.1) is 10.2 Å². The number of nitrogens with zero attached hydrogens (tertiary/aromatic N) is 3. The molecule has 1 saturated heterocycles. The van der Waals surface area contributed by atoms with Gasteiger partial charge in [-0.05, 0) is 36.8 Å². The van der Waals surface area contributed by atoms with Crippen molar-refractivity contribution in [3.63, 3.8) is 0 Å². The standard InChI is InChI=1S/C21H22FN3O2S/c1-14-11-18-20(28-14)12-19(25(18)13-16-3-5-17(22)6-4-16)21(27)24-9-7-23(8-10-24)15(2)26/h3-6,11-12H,7-10,13H2,1-2H3. The van der Waals surface area contributed by atoms with E-state index in [0.29, 0.717) is 38.4 Å². The Labute approximate surface area is 167 Å². The van der Waals surface area contributed by atoms with Crippen LogP contribution < -0.4 is 0 Å². The summed E-state index contributed by atoms with van der Waals surface area (Å²) >= 11 is 1.66. The molecular formula is C21H22FN3O2S. The quantitative estimate of drug-likeness (QED) is 0.677. The summed E-state index contributed by atoms with van der Waals surface area (Å²) in [5, 5.41) is 0. The molecule has 5 nitrogen and oxygen atoms in total. The van der Waals surface area contributed by atoms with Crippen molar-refractivity contribution in [1.29, 1.82) is 0 Å². The van der Waals surface area contributed by atoms with Crippen molar-refractivity contribution in [2.45, 2.75) is 20.4 Å². The smallest absolute Gasteiger partial charge is 0.270 e. The van der Waals surface area contributed by atoms with Gasteiger partial charge in [-0.2, -0.15) is 0 Å². The zero-order valence-electron chi connectivity index (χ0n) is 15.9. The molecule has 0 spiro atoms. The van der Waals surface area contributed by atoms with Crippen molar-refractivity contribution in [2.24, 2.45) is 0 Å². The van der Waals surface area contributed by atoms with Crippen LogP contribution in [0, 0.1) is 12.7 Å². The third-order valence-electron chi connectivity index (χ3n) is 5.20. The summed E-state index contributed by atoms with van der Waals surface area (Å²) in [4.78, 5) is 29.5. The number of carbonyl (C=O) groups excluding carboxylic acids is 2. The first kappa shape index (κ1) is 18.7. The molecule has 1 aromatic carbocycles. The normalized spacial score (nSPS) is 14.7. The number of amides is 2. The molecule has 1 aliphatic rings. The van der Waals surface area contributed by atoms with Gasteiger partial charge in [-0.25, -0.2) is 4.39 Å². The van der Waals surface area contributed by atoms with Gasteiger partial charge in [-0.1, -0.05) is 12.1 Å². The molecule has 28 heavy (non-hydrogen) atoms. The van der Waals surface area contributed by atoms with Gasteiger partial charge < -0.3 is 14.4 Å². The minimum Gasteiger partial charge on any atom is -0.339 e. The number of halogens is 1. The van der Waals surface area contributed by atoms with E-state index in [4.69, 9.17) is 0 Å². The Morgan fingerprint density at radius 3 is 2.32 bits per heavy atom. The number of benzene rings is 1. The van der Waals surface area contributed by atoms with Crippen molar-refractivity contribution < 1.29 is 14.0 Å². The van der Waals surface area contributed by atoms with Gasteiger partial charge in [-0.3, -0.25) is 9.59 Å². The molecule has 1 fully saturated rings. The molecule has 4 rings (SSSR count). The maximum atomic E-state index is 13.3. The molecular weight excluding hydrogens is 377 g/mol. The van der Waals surface area contributed by atoms with Crippen LogP contribution in [0.5, 0.6) is 0 Å². The minimum absolute atomic E-state index is 0.0219. The van der Waals surface area contributed by atoms with Crippen LogP contribution in [-0.4, -0.2) is 52.4 Å². The lowest BCUT2D eigenvalue weighted by molar-refractivity contribution is -0.130. The summed E-state index contributed by atoms with van der Waals surface area (Å²) in [5.74, 6) is -0.249. The van der Waals surface area contributed by atoms with E-state index >= 15 is 0 Å². The molecule has 2 aromatic heterocycles. The third kappa shape index (κ3) is 3.54. The first-order valence-corrected chi connectivity index (χ1v) is 10.1. The predicted molar refractivity (Wildman–Crippen MR) is 108 cm³/mol. The average Bonchev–Trinajstić information content (AvgIpc) is 3.20. The van der Waals surface area contributed by atoms with Gasteiger partial charge in [0.25, 0.3) is 5.91 Å². The highest BCUT2D eigenvalue weighted by atomic mass is 32.1. The average molecular weight is 399 g/mol. The first-order valence-electron chi connectivity index (χ1n) is 9.31. The van der Waals surface area contributed by atoms with Crippen LogP contribution in [0.1, 0.15) is 27.9 Å². The second kappa shape index (κ2) is 7.39. The van der Waals surface area contributed by atoms with Crippen LogP contribution in [0.4, 0.5) is 4.39 Å². The second-order valence-corrected chi connectivity index (χ2v) is 8.43. The van der Waals surface area contributed by atoms with Gasteiger partial charge in [0.15, 0.2) is 0 Å². The van der Waals surface area contributed by atoms with Crippen molar-refractivity contribution in [3.8, 4) is 0 Å². The van der Waals surface area contributed by atoms with Crippen LogP contribution in [0.15, 0.2) is 36.4 Å². The van der Waals surface area contributed by atoms with Crippen LogP contribution in [0.3, 0.4) is 0 Å². The number of piperazine rings is 1. The van der Waals surface area contributed by atoms with Crippen molar-refractivity contribution in [3.05, 3.63) is 58.3 Å². The fourth-order valence-corrected chi connectivity index (χ4v) is 4.63. The van der Waals surface area contributed by atoms with Crippen LogP contribution in [0.25, 0.3) is 10.2 Å². The van der Waals surface area contributed by atoms with Gasteiger partial charge in [0, 0.05) is 44.5 Å². The van der Waals surface area contributed by atoms with Crippen LogP contribution in [-0.2, 0) is 11.3 Å². The fraction of sp³-hybridized carbons (Fsp3) is 0.333. The molecule has 2 amide bonds. The Morgan fingerprint density at radius 2 is 1.68 bits per heavy atom. The van der Waals surface area contributed by atoms with Crippen LogP contribution in [0.2, 0.25) is 0 Å². The van der Waals surface area contributed by atoms with Crippen molar-refractivity contribution in [2.75, 3.05) is 26.2 Å². The molecule has 0 N–H and O–H groups in total. The van der Waals surface area contributed by atoms with Gasteiger partial charge in [-0.15, -0.1) is 11.3 Å². The van der Waals surface area contributed by atoms with Gasteiger partial charge in [0.1, 0.15) is 11.5 Å². The van der Waals surface area contributed by atoms with Crippen LogP contribution >= 0.6 is 11.3 Å². The maximum absolute atomic E-state index is 13.3. The highest BCUT2D eigenvalue weighted by Gasteiger charge is 2.26. The van der Waals surface area contributed by atoms with E-state index in [-0.39, 0.29) is 17.6 Å². The van der Waals surface area contributed by atoms with Gasteiger partial charge in [0.2, 0.25) is 5.91 Å². The van der Waals surface area contributed by atoms with E-state index < -0.39 is 0 Å². The summed E-state index contributed by atoms with van der Waals surface area (Å²) in [6.45, 7) is 6.31. The maximum Gasteiger partial charge on any atom is 0.270 e. The third-order valence-corrected chi connectivity index (χ3v) is 6.18. The summed E-state index contributed by atoms with van der Waals surface area (Å²) in [6, 6.07) is 10.4. The Morgan fingerprint density at radius 1 is 1.04 bits per heavy atom. The summed E-state index contributed by atoms with van der Waals surface area (Å²) in [7, 11) is 0. The topological polar surface area (TPSA) is 45.6 Å². The number of thiophene rings is 1. The lowest BCUT2D eigenvalue weighted by atomic mass is 10.2. The Bertz CT molecular complexity index is 1030. The number of aryl methyl sites for hydroxylation is 1. The van der Waals surface area contributed by atoms with E-state index in [0.717, 1.165) is 15.8 Å². The number of hydrogen-bond acceptors (Lipinski definition) is 3. The Kier molecular flexibility index (Phi) is 4.93. The van der Waals surface area contributed by atoms with E-state index in [9.17, 15) is 14.0 Å². The molecule has 0 unspecified atom stereocenters.